The first-order valence-corrected chi connectivity index (χ1v) is 5.62. The van der Waals surface area contributed by atoms with Gasteiger partial charge in [0.15, 0.2) is 0 Å². The van der Waals surface area contributed by atoms with E-state index in [1.807, 2.05) is 6.92 Å². The fourth-order valence-electron chi connectivity index (χ4n) is 1.41. The van der Waals surface area contributed by atoms with Crippen LogP contribution < -0.4 is 5.32 Å². The average molecular weight is 227 g/mol. The molecule has 0 radical (unpaired) electrons. The highest BCUT2D eigenvalue weighted by Gasteiger charge is 2.18. The van der Waals surface area contributed by atoms with Crippen LogP contribution in [0.4, 0.5) is 0 Å². The molecule has 1 aliphatic rings. The predicted molar refractivity (Wildman–Crippen MR) is 57.5 cm³/mol. The second-order valence-corrected chi connectivity index (χ2v) is 4.87. The predicted octanol–water partition coefficient (Wildman–Crippen LogP) is 1.24. The van der Waals surface area contributed by atoms with Gasteiger partial charge >= 0.3 is 5.97 Å². The highest BCUT2D eigenvalue weighted by Crippen LogP contribution is 2.21. The number of ether oxygens (including phenoxy) is 1. The molecule has 1 fully saturated rings. The Labute approximate surface area is 91.9 Å². The van der Waals surface area contributed by atoms with E-state index in [-0.39, 0.29) is 0 Å². The molecule has 0 bridgehead atoms. The topological polar surface area (TPSA) is 58.6 Å². The van der Waals surface area contributed by atoms with Crippen LogP contribution >= 0.6 is 11.3 Å². The Bertz CT molecular complexity index is 371. The minimum atomic E-state index is -0.846. The average Bonchev–Trinajstić information content (AvgIpc) is 2.45. The molecular formula is C10H13NO3S. The second kappa shape index (κ2) is 4.30. The molecule has 0 aliphatic carbocycles. The van der Waals surface area contributed by atoms with Gasteiger partial charge in [-0.15, -0.1) is 11.3 Å². The maximum atomic E-state index is 10.7. The van der Waals surface area contributed by atoms with Crippen molar-refractivity contribution < 1.29 is 14.6 Å². The van der Waals surface area contributed by atoms with Gasteiger partial charge in [0.1, 0.15) is 4.88 Å². The minimum Gasteiger partial charge on any atom is -0.477 e. The van der Waals surface area contributed by atoms with Gasteiger partial charge in [-0.25, -0.2) is 4.79 Å². The van der Waals surface area contributed by atoms with E-state index in [0.29, 0.717) is 10.9 Å². The molecule has 0 aromatic carbocycles. The van der Waals surface area contributed by atoms with Crippen LogP contribution in [0.15, 0.2) is 6.07 Å². The number of hydrogen-bond acceptors (Lipinski definition) is 4. The lowest BCUT2D eigenvalue weighted by molar-refractivity contribution is -0.00579. The summed E-state index contributed by atoms with van der Waals surface area (Å²) in [5.41, 5.74) is 1.07. The third-order valence-corrected chi connectivity index (χ3v) is 3.53. The number of carboxylic acids is 1. The number of carbonyl (C=O) groups is 1. The van der Waals surface area contributed by atoms with Crippen LogP contribution in [0.2, 0.25) is 0 Å². The van der Waals surface area contributed by atoms with Crippen molar-refractivity contribution in [1.82, 2.24) is 5.32 Å². The van der Waals surface area contributed by atoms with Crippen LogP contribution in [-0.2, 0) is 11.3 Å². The van der Waals surface area contributed by atoms with Crippen molar-refractivity contribution in [3.63, 3.8) is 0 Å². The largest absolute Gasteiger partial charge is 0.477 e. The zero-order chi connectivity index (χ0) is 10.8. The standard InChI is InChI=1S/C10H13NO3S/c1-6-7(2-9(15-6)10(12)13)3-11-8-4-14-5-8/h2,8,11H,3-5H2,1H3,(H,12,13). The molecule has 0 atom stereocenters. The molecule has 82 valence electrons. The smallest absolute Gasteiger partial charge is 0.345 e. The Kier molecular flexibility index (Phi) is 3.04. The maximum absolute atomic E-state index is 10.7. The monoisotopic (exact) mass is 227 g/mol. The van der Waals surface area contributed by atoms with Gasteiger partial charge in [-0.1, -0.05) is 0 Å². The molecule has 2 rings (SSSR count). The lowest BCUT2D eigenvalue weighted by Gasteiger charge is -2.26. The van der Waals surface area contributed by atoms with Gasteiger partial charge in [0, 0.05) is 11.4 Å². The van der Waals surface area contributed by atoms with Crippen molar-refractivity contribution in [2.45, 2.75) is 19.5 Å². The number of aromatic carboxylic acids is 1. The molecule has 0 spiro atoms. The molecule has 15 heavy (non-hydrogen) atoms. The molecule has 1 aromatic rings. The molecule has 0 amide bonds. The molecule has 2 N–H and O–H groups in total. The van der Waals surface area contributed by atoms with E-state index in [0.717, 1.165) is 30.2 Å². The highest BCUT2D eigenvalue weighted by atomic mass is 32.1. The lowest BCUT2D eigenvalue weighted by Crippen LogP contribution is -2.45. The van der Waals surface area contributed by atoms with Crippen LogP contribution in [0.25, 0.3) is 0 Å². The number of thiophene rings is 1. The third-order valence-electron chi connectivity index (χ3n) is 2.45. The van der Waals surface area contributed by atoms with Crippen molar-refractivity contribution in [3.05, 3.63) is 21.4 Å². The number of rotatable bonds is 4. The third kappa shape index (κ3) is 2.37. The molecular weight excluding hydrogens is 214 g/mol. The minimum absolute atomic E-state index is 0.411. The Morgan fingerprint density at radius 1 is 1.73 bits per heavy atom. The van der Waals surface area contributed by atoms with Gasteiger partial charge in [0.05, 0.1) is 19.3 Å². The first-order chi connectivity index (χ1) is 7.16. The van der Waals surface area contributed by atoms with Crippen LogP contribution in [0.3, 0.4) is 0 Å². The first kappa shape index (κ1) is 10.6. The van der Waals surface area contributed by atoms with E-state index in [4.69, 9.17) is 9.84 Å². The summed E-state index contributed by atoms with van der Waals surface area (Å²) < 4.78 is 5.04. The second-order valence-electron chi connectivity index (χ2n) is 3.61. The van der Waals surface area contributed by atoms with E-state index >= 15 is 0 Å². The van der Waals surface area contributed by atoms with Gasteiger partial charge in [0.25, 0.3) is 0 Å². The number of carboxylic acid groups (broad SMARTS) is 1. The van der Waals surface area contributed by atoms with E-state index in [1.165, 1.54) is 11.3 Å². The van der Waals surface area contributed by atoms with Crippen molar-refractivity contribution in [2.75, 3.05) is 13.2 Å². The van der Waals surface area contributed by atoms with Gasteiger partial charge in [-0.2, -0.15) is 0 Å². The van der Waals surface area contributed by atoms with Gasteiger partial charge in [-0.05, 0) is 18.6 Å². The Morgan fingerprint density at radius 2 is 2.47 bits per heavy atom. The van der Waals surface area contributed by atoms with Crippen LogP contribution in [0, 0.1) is 6.92 Å². The molecule has 1 aliphatic heterocycles. The number of aryl methyl sites for hydroxylation is 1. The molecule has 1 aromatic heterocycles. The summed E-state index contributed by atoms with van der Waals surface area (Å²) in [6.45, 7) is 4.19. The van der Waals surface area contributed by atoms with Crippen LogP contribution in [0.1, 0.15) is 20.1 Å². The number of hydrogen-bond donors (Lipinski definition) is 2. The fourth-order valence-corrected chi connectivity index (χ4v) is 2.29. The first-order valence-electron chi connectivity index (χ1n) is 4.80. The molecule has 4 nitrogen and oxygen atoms in total. The van der Waals surface area contributed by atoms with Crippen molar-refractivity contribution in [2.24, 2.45) is 0 Å². The zero-order valence-corrected chi connectivity index (χ0v) is 9.26. The lowest BCUT2D eigenvalue weighted by atomic mass is 10.2. The fraction of sp³-hybridized carbons (Fsp3) is 0.500. The van der Waals surface area contributed by atoms with Gasteiger partial charge in [0.2, 0.25) is 0 Å². The SMILES string of the molecule is Cc1sc(C(=O)O)cc1CNC1COC1. The molecule has 1 saturated heterocycles. The summed E-state index contributed by atoms with van der Waals surface area (Å²) in [5, 5.41) is 12.1. The van der Waals surface area contributed by atoms with Crippen LogP contribution in [0.5, 0.6) is 0 Å². The molecule has 2 heterocycles. The van der Waals surface area contributed by atoms with Gasteiger partial charge < -0.3 is 15.2 Å². The van der Waals surface area contributed by atoms with E-state index in [9.17, 15) is 4.79 Å². The summed E-state index contributed by atoms with van der Waals surface area (Å²) in [6, 6.07) is 2.17. The van der Waals surface area contributed by atoms with Crippen molar-refractivity contribution in [1.29, 1.82) is 0 Å². The summed E-state index contributed by atoms with van der Waals surface area (Å²) in [6.07, 6.45) is 0. The Balaban J connectivity index is 1.97. The summed E-state index contributed by atoms with van der Waals surface area (Å²) in [7, 11) is 0. The molecule has 5 heteroatoms. The summed E-state index contributed by atoms with van der Waals surface area (Å²) in [4.78, 5) is 12.2. The van der Waals surface area contributed by atoms with Crippen LogP contribution in [-0.4, -0.2) is 30.3 Å². The molecule has 0 unspecified atom stereocenters. The quantitative estimate of drug-likeness (QED) is 0.812. The van der Waals surface area contributed by atoms with E-state index in [1.54, 1.807) is 6.07 Å². The maximum Gasteiger partial charge on any atom is 0.345 e. The van der Waals surface area contributed by atoms with E-state index in [2.05, 4.69) is 5.32 Å². The normalized spacial score (nSPS) is 16.3. The summed E-state index contributed by atoms with van der Waals surface area (Å²) >= 11 is 1.33. The van der Waals surface area contributed by atoms with Gasteiger partial charge in [-0.3, -0.25) is 0 Å². The summed E-state index contributed by atoms with van der Waals surface area (Å²) in [5.74, 6) is -0.846. The number of nitrogens with one attached hydrogen (secondary N) is 1. The Hall–Kier alpha value is -0.910. The molecule has 0 saturated carbocycles. The van der Waals surface area contributed by atoms with E-state index < -0.39 is 5.97 Å². The van der Waals surface area contributed by atoms with Crippen molar-refractivity contribution in [3.8, 4) is 0 Å². The highest BCUT2D eigenvalue weighted by molar-refractivity contribution is 7.14. The zero-order valence-electron chi connectivity index (χ0n) is 8.45. The van der Waals surface area contributed by atoms with Crippen molar-refractivity contribution >= 4 is 17.3 Å². The Morgan fingerprint density at radius 3 is 2.93 bits per heavy atom.